The van der Waals surface area contributed by atoms with Crippen molar-refractivity contribution in [2.45, 2.75) is 26.3 Å². The lowest BCUT2D eigenvalue weighted by molar-refractivity contribution is 0.0527. The minimum atomic E-state index is -0.299. The number of carbonyl (C=O) groups is 1. The van der Waals surface area contributed by atoms with Gasteiger partial charge in [0.15, 0.2) is 0 Å². The van der Waals surface area contributed by atoms with Crippen LogP contribution in [0.2, 0.25) is 0 Å². The van der Waals surface area contributed by atoms with E-state index in [0.29, 0.717) is 23.9 Å². The molecule has 1 atom stereocenters. The monoisotopic (exact) mass is 291 g/mol. The van der Waals surface area contributed by atoms with Crippen LogP contribution in [0.25, 0.3) is 0 Å². The lowest BCUT2D eigenvalue weighted by atomic mass is 10.1. The third-order valence-corrected chi connectivity index (χ3v) is 4.10. The summed E-state index contributed by atoms with van der Waals surface area (Å²) in [5.41, 5.74) is 7.91. The van der Waals surface area contributed by atoms with E-state index in [9.17, 15) is 4.79 Å². The Kier molecular flexibility index (Phi) is 5.07. The SMILES string of the molecule is CCOC(=O)c1cc(N)ccc1N1CCN(C)C(CC)C1. The Morgan fingerprint density at radius 1 is 1.38 bits per heavy atom. The Bertz CT molecular complexity index is 504. The normalized spacial score (nSPS) is 19.6. The predicted octanol–water partition coefficient (Wildman–Crippen LogP) is 1.98. The summed E-state index contributed by atoms with van der Waals surface area (Å²) < 4.78 is 5.16. The first-order valence-electron chi connectivity index (χ1n) is 7.58. The molecule has 1 unspecified atom stereocenters. The number of benzene rings is 1. The summed E-state index contributed by atoms with van der Waals surface area (Å²) in [6, 6.07) is 6.00. The number of esters is 1. The highest BCUT2D eigenvalue weighted by Crippen LogP contribution is 2.26. The van der Waals surface area contributed by atoms with E-state index in [-0.39, 0.29) is 5.97 Å². The molecule has 1 aromatic carbocycles. The van der Waals surface area contributed by atoms with Gasteiger partial charge in [0.25, 0.3) is 0 Å². The molecular formula is C16H25N3O2. The van der Waals surface area contributed by atoms with Gasteiger partial charge in [0.05, 0.1) is 17.9 Å². The Balaban J connectivity index is 2.28. The van der Waals surface area contributed by atoms with Gasteiger partial charge in [0, 0.05) is 31.4 Å². The molecule has 2 N–H and O–H groups in total. The molecule has 0 saturated carbocycles. The first kappa shape index (κ1) is 15.6. The number of nitrogen functional groups attached to an aromatic ring is 1. The number of carbonyl (C=O) groups excluding carboxylic acids is 1. The summed E-state index contributed by atoms with van der Waals surface area (Å²) >= 11 is 0. The number of piperazine rings is 1. The second-order valence-electron chi connectivity index (χ2n) is 5.49. The van der Waals surface area contributed by atoms with Crippen LogP contribution in [0.3, 0.4) is 0 Å². The van der Waals surface area contributed by atoms with Crippen molar-refractivity contribution in [1.29, 1.82) is 0 Å². The van der Waals surface area contributed by atoms with E-state index in [0.717, 1.165) is 31.7 Å². The number of nitrogens with zero attached hydrogens (tertiary/aromatic N) is 2. The molecule has 1 aliphatic rings. The molecule has 0 radical (unpaired) electrons. The average Bonchev–Trinajstić information content (AvgIpc) is 2.48. The highest BCUT2D eigenvalue weighted by Gasteiger charge is 2.26. The largest absolute Gasteiger partial charge is 0.462 e. The second-order valence-corrected chi connectivity index (χ2v) is 5.49. The number of nitrogens with two attached hydrogens (primary N) is 1. The zero-order valence-corrected chi connectivity index (χ0v) is 13.1. The zero-order chi connectivity index (χ0) is 15.4. The summed E-state index contributed by atoms with van der Waals surface area (Å²) in [7, 11) is 2.15. The van der Waals surface area contributed by atoms with Gasteiger partial charge in [-0.05, 0) is 38.6 Å². The molecule has 5 heteroatoms. The number of hydrogen-bond acceptors (Lipinski definition) is 5. The topological polar surface area (TPSA) is 58.8 Å². The van der Waals surface area contributed by atoms with Crippen molar-refractivity contribution in [2.24, 2.45) is 0 Å². The van der Waals surface area contributed by atoms with E-state index in [1.165, 1.54) is 0 Å². The van der Waals surface area contributed by atoms with Crippen LogP contribution in [0.5, 0.6) is 0 Å². The van der Waals surface area contributed by atoms with Crippen LogP contribution in [0.15, 0.2) is 18.2 Å². The lowest BCUT2D eigenvalue weighted by Crippen LogP contribution is -2.51. The fourth-order valence-corrected chi connectivity index (χ4v) is 2.81. The van der Waals surface area contributed by atoms with Crippen molar-refractivity contribution < 1.29 is 9.53 Å². The van der Waals surface area contributed by atoms with Gasteiger partial charge in [-0.1, -0.05) is 6.92 Å². The number of hydrogen-bond donors (Lipinski definition) is 1. The molecule has 0 amide bonds. The molecule has 1 saturated heterocycles. The molecule has 21 heavy (non-hydrogen) atoms. The number of rotatable bonds is 4. The third-order valence-electron chi connectivity index (χ3n) is 4.10. The van der Waals surface area contributed by atoms with Crippen LogP contribution in [-0.2, 0) is 4.74 Å². The van der Waals surface area contributed by atoms with Crippen LogP contribution < -0.4 is 10.6 Å². The van der Waals surface area contributed by atoms with Gasteiger partial charge in [0.2, 0.25) is 0 Å². The van der Waals surface area contributed by atoms with Gasteiger partial charge in [-0.15, -0.1) is 0 Å². The fourth-order valence-electron chi connectivity index (χ4n) is 2.81. The Hall–Kier alpha value is -1.75. The zero-order valence-electron chi connectivity index (χ0n) is 13.1. The molecule has 0 aromatic heterocycles. The summed E-state index contributed by atoms with van der Waals surface area (Å²) in [6.07, 6.45) is 1.09. The summed E-state index contributed by atoms with van der Waals surface area (Å²) in [6.45, 7) is 7.19. The summed E-state index contributed by atoms with van der Waals surface area (Å²) in [4.78, 5) is 16.8. The molecule has 0 spiro atoms. The van der Waals surface area contributed by atoms with Crippen molar-refractivity contribution in [2.75, 3.05) is 43.9 Å². The van der Waals surface area contributed by atoms with Crippen molar-refractivity contribution in [3.05, 3.63) is 23.8 Å². The fraction of sp³-hybridized carbons (Fsp3) is 0.562. The standard InChI is InChI=1S/C16H25N3O2/c1-4-13-11-19(9-8-18(13)3)15-7-6-12(17)10-14(15)16(20)21-5-2/h6-7,10,13H,4-5,8-9,11,17H2,1-3H3. The van der Waals surface area contributed by atoms with Crippen molar-refractivity contribution in [3.8, 4) is 0 Å². The Morgan fingerprint density at radius 2 is 2.14 bits per heavy atom. The maximum Gasteiger partial charge on any atom is 0.340 e. The summed E-state index contributed by atoms with van der Waals surface area (Å²) in [5.74, 6) is -0.299. The molecule has 2 rings (SSSR count). The van der Waals surface area contributed by atoms with Gasteiger partial charge < -0.3 is 15.4 Å². The maximum atomic E-state index is 12.2. The number of ether oxygens (including phenoxy) is 1. The second kappa shape index (κ2) is 6.80. The molecule has 1 fully saturated rings. The smallest absolute Gasteiger partial charge is 0.340 e. The van der Waals surface area contributed by atoms with Crippen molar-refractivity contribution in [1.82, 2.24) is 4.90 Å². The van der Waals surface area contributed by atoms with E-state index < -0.39 is 0 Å². The van der Waals surface area contributed by atoms with Crippen molar-refractivity contribution >= 4 is 17.3 Å². The average molecular weight is 291 g/mol. The van der Waals surface area contributed by atoms with Crippen LogP contribution in [0.4, 0.5) is 11.4 Å². The predicted molar refractivity (Wildman–Crippen MR) is 85.7 cm³/mol. The molecule has 5 nitrogen and oxygen atoms in total. The molecule has 1 aliphatic heterocycles. The summed E-state index contributed by atoms with van der Waals surface area (Å²) in [5, 5.41) is 0. The van der Waals surface area contributed by atoms with Crippen LogP contribution in [-0.4, -0.2) is 50.2 Å². The first-order valence-corrected chi connectivity index (χ1v) is 7.58. The van der Waals surface area contributed by atoms with Crippen molar-refractivity contribution in [3.63, 3.8) is 0 Å². The minimum Gasteiger partial charge on any atom is -0.462 e. The lowest BCUT2D eigenvalue weighted by Gasteiger charge is -2.40. The van der Waals surface area contributed by atoms with Gasteiger partial charge >= 0.3 is 5.97 Å². The van der Waals surface area contributed by atoms with E-state index >= 15 is 0 Å². The quantitative estimate of drug-likeness (QED) is 0.679. The molecule has 1 aromatic rings. The van der Waals surface area contributed by atoms with Crippen LogP contribution in [0.1, 0.15) is 30.6 Å². The van der Waals surface area contributed by atoms with Gasteiger partial charge in [-0.3, -0.25) is 4.90 Å². The van der Waals surface area contributed by atoms with E-state index in [2.05, 4.69) is 23.8 Å². The Labute approximate surface area is 126 Å². The molecule has 1 heterocycles. The molecule has 116 valence electrons. The van der Waals surface area contributed by atoms with Gasteiger partial charge in [0.1, 0.15) is 0 Å². The van der Waals surface area contributed by atoms with E-state index in [4.69, 9.17) is 10.5 Å². The Morgan fingerprint density at radius 3 is 2.81 bits per heavy atom. The first-order chi connectivity index (χ1) is 10.1. The maximum absolute atomic E-state index is 12.2. The van der Waals surface area contributed by atoms with Crippen LogP contribution in [0, 0.1) is 0 Å². The van der Waals surface area contributed by atoms with Crippen LogP contribution >= 0.6 is 0 Å². The number of likely N-dealkylation sites (N-methyl/N-ethyl adjacent to an activating group) is 1. The molecule has 0 aliphatic carbocycles. The highest BCUT2D eigenvalue weighted by atomic mass is 16.5. The van der Waals surface area contributed by atoms with Gasteiger partial charge in [-0.25, -0.2) is 4.79 Å². The highest BCUT2D eigenvalue weighted by molar-refractivity contribution is 5.97. The number of anilines is 2. The molecule has 0 bridgehead atoms. The van der Waals surface area contributed by atoms with E-state index in [1.807, 2.05) is 19.1 Å². The minimum absolute atomic E-state index is 0.299. The third kappa shape index (κ3) is 3.47. The van der Waals surface area contributed by atoms with E-state index in [1.54, 1.807) is 6.07 Å². The molecular weight excluding hydrogens is 266 g/mol. The van der Waals surface area contributed by atoms with Gasteiger partial charge in [-0.2, -0.15) is 0 Å².